The van der Waals surface area contributed by atoms with Crippen LogP contribution >= 0.6 is 0 Å². The molecule has 1 aliphatic rings. The van der Waals surface area contributed by atoms with Crippen molar-refractivity contribution in [1.29, 1.82) is 0 Å². The van der Waals surface area contributed by atoms with E-state index in [1.807, 2.05) is 10.6 Å². The van der Waals surface area contributed by atoms with Crippen LogP contribution in [0.1, 0.15) is 38.1 Å². The fourth-order valence-electron chi connectivity index (χ4n) is 3.73. The lowest BCUT2D eigenvalue weighted by atomic mass is 10.1. The zero-order chi connectivity index (χ0) is 20.3. The van der Waals surface area contributed by atoms with Crippen LogP contribution in [0.15, 0.2) is 23.0 Å². The summed E-state index contributed by atoms with van der Waals surface area (Å²) < 4.78 is 14.6. The van der Waals surface area contributed by atoms with Gasteiger partial charge < -0.3 is 9.47 Å². The van der Waals surface area contributed by atoms with Gasteiger partial charge in [0.15, 0.2) is 11.5 Å². The number of rotatable bonds is 7. The molecule has 0 saturated carbocycles. The van der Waals surface area contributed by atoms with Gasteiger partial charge in [-0.05, 0) is 43.5 Å². The number of nitrogens with zero attached hydrogens (tertiary/aromatic N) is 4. The Morgan fingerprint density at radius 3 is 2.79 bits per heavy atom. The van der Waals surface area contributed by atoms with E-state index in [1.165, 1.54) is 10.2 Å². The molecular weight excluding hydrogens is 356 g/mol. The molecule has 1 unspecified atom stereocenters. The highest BCUT2D eigenvalue weighted by Crippen LogP contribution is 2.29. The van der Waals surface area contributed by atoms with Gasteiger partial charge in [0.25, 0.3) is 0 Å². The average molecular weight is 389 g/mol. The summed E-state index contributed by atoms with van der Waals surface area (Å²) in [4.78, 5) is 14.5. The highest BCUT2D eigenvalue weighted by atomic mass is 16.5. The van der Waals surface area contributed by atoms with Crippen LogP contribution in [-0.2, 0) is 26.6 Å². The molecule has 1 aromatic heterocycles. The summed E-state index contributed by atoms with van der Waals surface area (Å²) in [6.45, 7) is 6.48. The summed E-state index contributed by atoms with van der Waals surface area (Å²) >= 11 is 0. The van der Waals surface area contributed by atoms with Crippen molar-refractivity contribution >= 4 is 0 Å². The molecular formula is C21H32N4O3. The first-order valence-corrected chi connectivity index (χ1v) is 10.0. The Morgan fingerprint density at radius 2 is 2.07 bits per heavy atom. The van der Waals surface area contributed by atoms with Crippen LogP contribution in [0.3, 0.4) is 0 Å². The van der Waals surface area contributed by atoms with Crippen molar-refractivity contribution in [3.63, 3.8) is 0 Å². The molecule has 0 saturated heterocycles. The molecule has 0 amide bonds. The first-order chi connectivity index (χ1) is 13.4. The molecule has 0 fully saturated rings. The van der Waals surface area contributed by atoms with Crippen molar-refractivity contribution in [3.8, 4) is 11.5 Å². The second-order valence-corrected chi connectivity index (χ2v) is 8.06. The Labute approximate surface area is 166 Å². The third-order valence-electron chi connectivity index (χ3n) is 5.33. The van der Waals surface area contributed by atoms with Crippen molar-refractivity contribution in [2.45, 2.75) is 52.2 Å². The Balaban J connectivity index is 1.64. The summed E-state index contributed by atoms with van der Waals surface area (Å²) in [6.07, 6.45) is 2.78. The Hall–Kier alpha value is -2.28. The van der Waals surface area contributed by atoms with E-state index in [-0.39, 0.29) is 5.69 Å². The van der Waals surface area contributed by atoms with Gasteiger partial charge in [0.2, 0.25) is 0 Å². The highest BCUT2D eigenvalue weighted by molar-refractivity contribution is 5.43. The molecule has 154 valence electrons. The predicted molar refractivity (Wildman–Crippen MR) is 109 cm³/mol. The number of aromatic nitrogens is 3. The number of hydrogen-bond donors (Lipinski definition) is 0. The Kier molecular flexibility index (Phi) is 6.44. The summed E-state index contributed by atoms with van der Waals surface area (Å²) in [7, 11) is 5.54. The molecule has 0 aliphatic carbocycles. The molecule has 3 rings (SSSR count). The molecule has 28 heavy (non-hydrogen) atoms. The molecule has 0 spiro atoms. The smallest absolute Gasteiger partial charge is 0.345 e. The maximum atomic E-state index is 12.2. The molecule has 2 aromatic rings. The number of methoxy groups -OCH3 is 1. The van der Waals surface area contributed by atoms with Crippen molar-refractivity contribution in [2.24, 2.45) is 13.0 Å². The quantitative estimate of drug-likeness (QED) is 0.729. The molecule has 0 bridgehead atoms. The maximum absolute atomic E-state index is 12.2. The average Bonchev–Trinajstić information content (AvgIpc) is 2.83. The summed E-state index contributed by atoms with van der Waals surface area (Å²) in [5, 5.41) is 4.37. The zero-order valence-corrected chi connectivity index (χ0v) is 17.6. The normalized spacial score (nSPS) is 16.9. The van der Waals surface area contributed by atoms with Crippen LogP contribution in [0.2, 0.25) is 0 Å². The molecule has 1 aliphatic heterocycles. The minimum atomic E-state index is -0.0139. The monoisotopic (exact) mass is 388 g/mol. The van der Waals surface area contributed by atoms with E-state index in [0.29, 0.717) is 18.6 Å². The molecule has 1 aromatic carbocycles. The van der Waals surface area contributed by atoms with Crippen molar-refractivity contribution in [1.82, 2.24) is 19.2 Å². The third kappa shape index (κ3) is 4.58. The second kappa shape index (κ2) is 8.82. The predicted octanol–water partition coefficient (Wildman–Crippen LogP) is 2.46. The van der Waals surface area contributed by atoms with Gasteiger partial charge in [-0.25, -0.2) is 9.48 Å². The van der Waals surface area contributed by atoms with E-state index >= 15 is 0 Å². The molecule has 7 nitrogen and oxygen atoms in total. The van der Waals surface area contributed by atoms with Crippen LogP contribution in [0.25, 0.3) is 0 Å². The maximum Gasteiger partial charge on any atom is 0.345 e. The number of hydrogen-bond acceptors (Lipinski definition) is 5. The fourth-order valence-corrected chi connectivity index (χ4v) is 3.73. The van der Waals surface area contributed by atoms with E-state index in [1.54, 1.807) is 14.2 Å². The van der Waals surface area contributed by atoms with Crippen LogP contribution in [0, 0.1) is 5.92 Å². The van der Waals surface area contributed by atoms with Crippen molar-refractivity contribution < 1.29 is 9.47 Å². The first kappa shape index (κ1) is 20.5. The van der Waals surface area contributed by atoms with E-state index in [9.17, 15) is 4.79 Å². The van der Waals surface area contributed by atoms with Gasteiger partial charge in [0, 0.05) is 32.6 Å². The summed E-state index contributed by atoms with van der Waals surface area (Å²) in [6, 6.07) is 6.57. The van der Waals surface area contributed by atoms with E-state index in [4.69, 9.17) is 9.47 Å². The standard InChI is InChI=1S/C21H32N4O3/c1-15(2)14-28-18-8-6-16(12-19(18)27-5)13-23(3)17-7-9-20-22-24(4)21(26)25(20)11-10-17/h6,8,12,15,17H,7,9-11,13-14H2,1-5H3. The summed E-state index contributed by atoms with van der Waals surface area (Å²) in [5.41, 5.74) is 1.18. The summed E-state index contributed by atoms with van der Waals surface area (Å²) in [5.74, 6) is 2.93. The Bertz CT molecular complexity index is 856. The molecule has 7 heteroatoms. The van der Waals surface area contributed by atoms with Crippen LogP contribution < -0.4 is 15.2 Å². The van der Waals surface area contributed by atoms with Gasteiger partial charge in [0.1, 0.15) is 5.82 Å². The molecule has 1 atom stereocenters. The van der Waals surface area contributed by atoms with Crippen LogP contribution in [0.5, 0.6) is 11.5 Å². The molecule has 0 N–H and O–H groups in total. The van der Waals surface area contributed by atoms with Gasteiger partial charge in [-0.2, -0.15) is 5.10 Å². The second-order valence-electron chi connectivity index (χ2n) is 8.06. The van der Waals surface area contributed by atoms with Crippen LogP contribution in [0.4, 0.5) is 0 Å². The zero-order valence-electron chi connectivity index (χ0n) is 17.6. The number of benzene rings is 1. The van der Waals surface area contributed by atoms with Gasteiger partial charge in [-0.1, -0.05) is 19.9 Å². The van der Waals surface area contributed by atoms with Crippen LogP contribution in [-0.4, -0.2) is 46.1 Å². The van der Waals surface area contributed by atoms with E-state index < -0.39 is 0 Å². The third-order valence-corrected chi connectivity index (χ3v) is 5.33. The van der Waals surface area contributed by atoms with Gasteiger partial charge in [0.05, 0.1) is 13.7 Å². The lowest BCUT2D eigenvalue weighted by Gasteiger charge is -2.27. The van der Waals surface area contributed by atoms with Gasteiger partial charge in [-0.3, -0.25) is 9.47 Å². The van der Waals surface area contributed by atoms with Gasteiger partial charge >= 0.3 is 5.69 Å². The SMILES string of the molecule is COc1cc(CN(C)C2CCc3nn(C)c(=O)n3CC2)ccc1OCC(C)C. The largest absolute Gasteiger partial charge is 0.493 e. The topological polar surface area (TPSA) is 61.5 Å². The van der Waals surface area contributed by atoms with E-state index in [2.05, 4.69) is 43.0 Å². The van der Waals surface area contributed by atoms with Crippen molar-refractivity contribution in [3.05, 3.63) is 40.1 Å². The van der Waals surface area contributed by atoms with E-state index in [0.717, 1.165) is 49.7 Å². The fraction of sp³-hybridized carbons (Fsp3) is 0.619. The lowest BCUT2D eigenvalue weighted by molar-refractivity contribution is 0.209. The van der Waals surface area contributed by atoms with Gasteiger partial charge in [-0.15, -0.1) is 0 Å². The highest BCUT2D eigenvalue weighted by Gasteiger charge is 2.23. The molecule has 0 radical (unpaired) electrons. The Morgan fingerprint density at radius 1 is 1.29 bits per heavy atom. The number of aryl methyl sites for hydroxylation is 2. The first-order valence-electron chi connectivity index (χ1n) is 10.0. The lowest BCUT2D eigenvalue weighted by Crippen LogP contribution is -2.32. The molecule has 2 heterocycles. The minimum absolute atomic E-state index is 0.0139. The van der Waals surface area contributed by atoms with Crippen molar-refractivity contribution in [2.75, 3.05) is 20.8 Å². The minimum Gasteiger partial charge on any atom is -0.493 e. The number of fused-ring (bicyclic) bond motifs is 1. The number of ether oxygens (including phenoxy) is 2.